The van der Waals surface area contributed by atoms with E-state index in [2.05, 4.69) is 150 Å². The SMILES string of the molecule is c1ccc(-c2cccc(-c3nc(-c4cccc(-c5ccccc5)c4)nc(-n4c5ccccc5c5ncc6sc7ccccc7c6c54)n3)c2)cc1. The average molecular weight is 658 g/mol. The van der Waals surface area contributed by atoms with Crippen LogP contribution >= 0.6 is 11.3 Å². The lowest BCUT2D eigenvalue weighted by molar-refractivity contribution is 0.955. The Morgan fingerprint density at radius 2 is 0.980 bits per heavy atom. The molecule has 5 nitrogen and oxygen atoms in total. The standard InChI is InChI=1S/C44H27N5S/c1-3-13-28(14-4-1)30-17-11-19-32(25-30)42-46-43(33-20-12-18-31(26-33)29-15-5-2-6-16-29)48-44(47-42)49-36-23-9-7-21-34(36)40-41(49)39-35-22-8-10-24-37(35)50-38(39)27-45-40/h1-27H. The molecule has 0 atom stereocenters. The maximum atomic E-state index is 5.27. The van der Waals surface area contributed by atoms with Crippen LogP contribution in [0.25, 0.3) is 93.1 Å². The Hall–Kier alpha value is -6.50. The molecule has 0 amide bonds. The summed E-state index contributed by atoms with van der Waals surface area (Å²) in [7, 11) is 0. The van der Waals surface area contributed by atoms with E-state index in [0.717, 1.165) is 65.4 Å². The molecule has 10 rings (SSSR count). The zero-order valence-corrected chi connectivity index (χ0v) is 27.5. The van der Waals surface area contributed by atoms with Crippen LogP contribution in [0.2, 0.25) is 0 Å². The molecule has 0 fully saturated rings. The molecule has 0 aliphatic rings. The number of aromatic nitrogens is 5. The lowest BCUT2D eigenvalue weighted by atomic mass is 10.0. The zero-order chi connectivity index (χ0) is 33.0. The highest BCUT2D eigenvalue weighted by atomic mass is 32.1. The molecule has 50 heavy (non-hydrogen) atoms. The highest BCUT2D eigenvalue weighted by molar-refractivity contribution is 7.26. The Morgan fingerprint density at radius 1 is 0.440 bits per heavy atom. The van der Waals surface area contributed by atoms with Gasteiger partial charge in [0.05, 0.1) is 21.3 Å². The van der Waals surface area contributed by atoms with Crippen molar-refractivity contribution in [2.75, 3.05) is 0 Å². The maximum Gasteiger partial charge on any atom is 0.238 e. The lowest BCUT2D eigenvalue weighted by Gasteiger charge is -2.12. The van der Waals surface area contributed by atoms with Gasteiger partial charge in [0.1, 0.15) is 0 Å². The molecule has 4 aromatic heterocycles. The number of thiophene rings is 1. The van der Waals surface area contributed by atoms with Crippen molar-refractivity contribution < 1.29 is 0 Å². The topological polar surface area (TPSA) is 56.5 Å². The summed E-state index contributed by atoms with van der Waals surface area (Å²) >= 11 is 1.76. The predicted octanol–water partition coefficient (Wildman–Crippen LogP) is 11.4. The van der Waals surface area contributed by atoms with Gasteiger partial charge in [-0.15, -0.1) is 11.3 Å². The van der Waals surface area contributed by atoms with Crippen LogP contribution in [-0.2, 0) is 0 Å². The summed E-state index contributed by atoms with van der Waals surface area (Å²) in [5.74, 6) is 1.76. The van der Waals surface area contributed by atoms with Crippen LogP contribution in [-0.4, -0.2) is 24.5 Å². The van der Waals surface area contributed by atoms with Crippen molar-refractivity contribution in [1.82, 2.24) is 24.5 Å². The van der Waals surface area contributed by atoms with Crippen molar-refractivity contribution in [2.45, 2.75) is 0 Å². The first-order valence-corrected chi connectivity index (χ1v) is 17.4. The molecule has 6 heteroatoms. The minimum Gasteiger partial charge on any atom is -0.275 e. The molecule has 0 radical (unpaired) electrons. The third-order valence-corrected chi connectivity index (χ3v) is 10.4. The van der Waals surface area contributed by atoms with Crippen LogP contribution in [0.3, 0.4) is 0 Å². The van der Waals surface area contributed by atoms with Gasteiger partial charge in [-0.2, -0.15) is 9.97 Å². The molecule has 234 valence electrons. The van der Waals surface area contributed by atoms with Gasteiger partial charge in [-0.1, -0.05) is 133 Å². The summed E-state index contributed by atoms with van der Waals surface area (Å²) in [5.41, 5.74) is 9.24. The van der Waals surface area contributed by atoms with Crippen LogP contribution in [0, 0.1) is 0 Å². The summed E-state index contributed by atoms with van der Waals surface area (Å²) < 4.78 is 4.54. The lowest BCUT2D eigenvalue weighted by Crippen LogP contribution is -2.06. The van der Waals surface area contributed by atoms with E-state index in [1.165, 1.54) is 10.1 Å². The third kappa shape index (κ3) is 4.69. The van der Waals surface area contributed by atoms with E-state index in [9.17, 15) is 0 Å². The Bertz CT molecular complexity index is 2770. The molecule has 0 spiro atoms. The average Bonchev–Trinajstić information content (AvgIpc) is 3.74. The van der Waals surface area contributed by atoms with E-state index in [-0.39, 0.29) is 0 Å². The molecular formula is C44H27N5S. The molecule has 0 aliphatic carbocycles. The minimum atomic E-state index is 0.552. The van der Waals surface area contributed by atoms with Crippen LogP contribution in [0.4, 0.5) is 0 Å². The normalized spacial score (nSPS) is 11.6. The van der Waals surface area contributed by atoms with Gasteiger partial charge in [0, 0.05) is 38.2 Å². The molecule has 0 saturated carbocycles. The first kappa shape index (κ1) is 28.5. The summed E-state index contributed by atoms with van der Waals surface area (Å²) in [6.45, 7) is 0. The summed E-state index contributed by atoms with van der Waals surface area (Å²) in [6.07, 6.45) is 2.01. The predicted molar refractivity (Wildman–Crippen MR) is 207 cm³/mol. The van der Waals surface area contributed by atoms with Crippen LogP contribution < -0.4 is 0 Å². The molecule has 0 N–H and O–H groups in total. The molecule has 4 heterocycles. The second-order valence-corrected chi connectivity index (χ2v) is 13.4. The fraction of sp³-hybridized carbons (Fsp3) is 0. The van der Waals surface area contributed by atoms with Crippen molar-refractivity contribution in [3.63, 3.8) is 0 Å². The van der Waals surface area contributed by atoms with E-state index in [1.54, 1.807) is 11.3 Å². The first-order valence-electron chi connectivity index (χ1n) is 16.6. The van der Waals surface area contributed by atoms with Gasteiger partial charge in [0.2, 0.25) is 5.95 Å². The van der Waals surface area contributed by atoms with Gasteiger partial charge < -0.3 is 0 Å². The summed E-state index contributed by atoms with van der Waals surface area (Å²) in [6, 6.07) is 54.7. The quantitative estimate of drug-likeness (QED) is 0.185. The van der Waals surface area contributed by atoms with Crippen molar-refractivity contribution in [1.29, 1.82) is 0 Å². The first-order chi connectivity index (χ1) is 24.8. The highest BCUT2D eigenvalue weighted by Crippen LogP contribution is 2.42. The van der Waals surface area contributed by atoms with Gasteiger partial charge in [-0.3, -0.25) is 9.55 Å². The van der Waals surface area contributed by atoms with Gasteiger partial charge in [-0.05, 0) is 46.5 Å². The second-order valence-electron chi connectivity index (χ2n) is 12.3. The van der Waals surface area contributed by atoms with E-state index in [4.69, 9.17) is 19.9 Å². The molecule has 6 aromatic carbocycles. The van der Waals surface area contributed by atoms with Gasteiger partial charge >= 0.3 is 0 Å². The maximum absolute atomic E-state index is 5.27. The monoisotopic (exact) mass is 657 g/mol. The third-order valence-electron chi connectivity index (χ3n) is 9.30. The Kier molecular flexibility index (Phi) is 6.60. The van der Waals surface area contributed by atoms with Crippen molar-refractivity contribution in [3.8, 4) is 51.0 Å². The molecular weight excluding hydrogens is 631 g/mol. The summed E-state index contributed by atoms with van der Waals surface area (Å²) in [5, 5.41) is 3.41. The van der Waals surface area contributed by atoms with Crippen molar-refractivity contribution in [3.05, 3.63) is 164 Å². The number of pyridine rings is 1. The Labute approximate surface area is 291 Å². The number of hydrogen-bond donors (Lipinski definition) is 0. The van der Waals surface area contributed by atoms with E-state index in [0.29, 0.717) is 17.6 Å². The minimum absolute atomic E-state index is 0.552. The molecule has 0 bridgehead atoms. The van der Waals surface area contributed by atoms with E-state index in [1.807, 2.05) is 18.3 Å². The molecule has 0 aliphatic heterocycles. The van der Waals surface area contributed by atoms with Crippen LogP contribution in [0.15, 0.2) is 164 Å². The smallest absolute Gasteiger partial charge is 0.238 e. The molecule has 10 aromatic rings. The second kappa shape index (κ2) is 11.6. The number of hydrogen-bond acceptors (Lipinski definition) is 5. The van der Waals surface area contributed by atoms with E-state index >= 15 is 0 Å². The number of benzene rings is 6. The Balaban J connectivity index is 1.28. The molecule has 0 saturated heterocycles. The fourth-order valence-electron chi connectivity index (χ4n) is 6.97. The number of fused-ring (bicyclic) bond motifs is 7. The van der Waals surface area contributed by atoms with Crippen LogP contribution in [0.5, 0.6) is 0 Å². The number of para-hydroxylation sites is 1. The number of nitrogens with zero attached hydrogens (tertiary/aromatic N) is 5. The highest BCUT2D eigenvalue weighted by Gasteiger charge is 2.22. The largest absolute Gasteiger partial charge is 0.275 e. The summed E-state index contributed by atoms with van der Waals surface area (Å²) in [4.78, 5) is 20.8. The van der Waals surface area contributed by atoms with Gasteiger partial charge in [0.25, 0.3) is 0 Å². The van der Waals surface area contributed by atoms with Gasteiger partial charge in [-0.25, -0.2) is 4.98 Å². The van der Waals surface area contributed by atoms with Crippen molar-refractivity contribution >= 4 is 53.4 Å². The van der Waals surface area contributed by atoms with E-state index < -0.39 is 0 Å². The molecule has 0 unspecified atom stereocenters. The van der Waals surface area contributed by atoms with Crippen molar-refractivity contribution in [2.24, 2.45) is 0 Å². The van der Waals surface area contributed by atoms with Crippen LogP contribution in [0.1, 0.15) is 0 Å². The Morgan fingerprint density at radius 3 is 1.64 bits per heavy atom. The zero-order valence-electron chi connectivity index (χ0n) is 26.7. The fourth-order valence-corrected chi connectivity index (χ4v) is 8.05. The number of rotatable bonds is 5. The van der Waals surface area contributed by atoms with Gasteiger partial charge in [0.15, 0.2) is 11.6 Å².